The van der Waals surface area contributed by atoms with Gasteiger partial charge in [-0.15, -0.1) is 0 Å². The zero-order valence-corrected chi connectivity index (χ0v) is 17.0. The molecule has 2 aromatic carbocycles. The van der Waals surface area contributed by atoms with Crippen LogP contribution in [0.3, 0.4) is 0 Å². The average Bonchev–Trinajstić information content (AvgIpc) is 2.80. The van der Waals surface area contributed by atoms with Crippen molar-refractivity contribution in [3.63, 3.8) is 0 Å². The van der Waals surface area contributed by atoms with Gasteiger partial charge < -0.3 is 19.7 Å². The van der Waals surface area contributed by atoms with E-state index in [-0.39, 0.29) is 17.7 Å². The monoisotopic (exact) mass is 446 g/mol. The molecule has 2 N–H and O–H groups in total. The van der Waals surface area contributed by atoms with Gasteiger partial charge in [0.05, 0.1) is 35.5 Å². The van der Waals surface area contributed by atoms with E-state index >= 15 is 0 Å². The lowest BCUT2D eigenvalue weighted by atomic mass is 10.1. The van der Waals surface area contributed by atoms with E-state index in [0.29, 0.717) is 37.4 Å². The van der Waals surface area contributed by atoms with Gasteiger partial charge in [0.2, 0.25) is 0 Å². The molecular weight excluding hydrogens is 424 g/mol. The Balaban J connectivity index is 0.000000258. The lowest BCUT2D eigenvalue weighted by molar-refractivity contribution is -0.241. The van der Waals surface area contributed by atoms with E-state index in [0.717, 1.165) is 12.5 Å². The number of carboxylic acids is 2. The molecule has 0 saturated heterocycles. The lowest BCUT2D eigenvalue weighted by Gasteiger charge is -2.08. The van der Waals surface area contributed by atoms with Gasteiger partial charge in [0.15, 0.2) is 0 Å². The predicted molar refractivity (Wildman–Crippen MR) is 109 cm³/mol. The number of carbonyl (C=O) groups is 4. The van der Waals surface area contributed by atoms with Gasteiger partial charge in [-0.1, -0.05) is 6.07 Å². The van der Waals surface area contributed by atoms with E-state index in [4.69, 9.17) is 24.6 Å². The molecule has 4 rings (SSSR count). The van der Waals surface area contributed by atoms with Crippen molar-refractivity contribution in [3.05, 3.63) is 70.8 Å². The van der Waals surface area contributed by atoms with Crippen LogP contribution in [0.2, 0.25) is 0 Å². The number of carbonyl (C=O) groups excluding carboxylic acids is 2. The first-order chi connectivity index (χ1) is 15.4. The van der Waals surface area contributed by atoms with E-state index in [9.17, 15) is 19.2 Å². The van der Waals surface area contributed by atoms with Crippen LogP contribution >= 0.6 is 0 Å². The molecule has 2 aliphatic heterocycles. The molecule has 0 atom stereocenters. The average molecular weight is 446 g/mol. The van der Waals surface area contributed by atoms with Gasteiger partial charge in [-0.3, -0.25) is 4.89 Å². The van der Waals surface area contributed by atoms with Crippen molar-refractivity contribution >= 4 is 23.9 Å². The highest BCUT2D eigenvalue weighted by atomic mass is 17.2. The molecule has 10 heteroatoms. The molecule has 2 aromatic rings. The van der Waals surface area contributed by atoms with Crippen molar-refractivity contribution in [3.8, 4) is 0 Å². The molecule has 2 bridgehead atoms. The summed E-state index contributed by atoms with van der Waals surface area (Å²) in [7, 11) is 0. The Morgan fingerprint density at radius 2 is 1.28 bits per heavy atom. The lowest BCUT2D eigenvalue weighted by Crippen LogP contribution is -2.13. The summed E-state index contributed by atoms with van der Waals surface area (Å²) >= 11 is 0. The molecule has 0 aliphatic carbocycles. The predicted octanol–water partition coefficient (Wildman–Crippen LogP) is 2.83. The number of fused-ring (bicyclic) bond motifs is 13. The summed E-state index contributed by atoms with van der Waals surface area (Å²) in [6.07, 6.45) is 1.49. The van der Waals surface area contributed by atoms with Crippen molar-refractivity contribution in [1.29, 1.82) is 0 Å². The number of carboxylic acid groups (broad SMARTS) is 2. The third-order valence-corrected chi connectivity index (χ3v) is 4.07. The molecule has 32 heavy (non-hydrogen) atoms. The summed E-state index contributed by atoms with van der Waals surface area (Å²) in [4.78, 5) is 53.5. The number of hydrogen-bond acceptors (Lipinski definition) is 8. The van der Waals surface area contributed by atoms with Crippen molar-refractivity contribution in [1.82, 2.24) is 0 Å². The minimum absolute atomic E-state index is 0.0186. The van der Waals surface area contributed by atoms with Crippen molar-refractivity contribution in [2.75, 3.05) is 26.4 Å². The van der Waals surface area contributed by atoms with Crippen LogP contribution in [0.1, 0.15) is 54.3 Å². The maximum Gasteiger partial charge on any atom is 0.373 e. The van der Waals surface area contributed by atoms with Crippen LogP contribution in [-0.2, 0) is 19.2 Å². The van der Waals surface area contributed by atoms with Crippen LogP contribution in [0.25, 0.3) is 0 Å². The van der Waals surface area contributed by atoms with Gasteiger partial charge in [0.1, 0.15) is 6.61 Å². The minimum atomic E-state index is -1.13. The van der Waals surface area contributed by atoms with Gasteiger partial charge in [0, 0.05) is 6.61 Å². The Kier molecular flexibility index (Phi) is 9.82. The summed E-state index contributed by atoms with van der Waals surface area (Å²) in [5, 5.41) is 17.0. The second kappa shape index (κ2) is 12.8. The Morgan fingerprint density at radius 3 is 1.88 bits per heavy atom. The smallest absolute Gasteiger partial charge is 0.373 e. The number of ether oxygens (including phenoxy) is 2. The van der Waals surface area contributed by atoms with Gasteiger partial charge in [-0.05, 0) is 55.3 Å². The van der Waals surface area contributed by atoms with Gasteiger partial charge in [0.25, 0.3) is 0 Å². The summed E-state index contributed by atoms with van der Waals surface area (Å²) in [6, 6.07) is 11.2. The van der Waals surface area contributed by atoms with Crippen LogP contribution in [0.15, 0.2) is 48.5 Å². The third kappa shape index (κ3) is 8.17. The number of esters is 1. The van der Waals surface area contributed by atoms with E-state index < -0.39 is 23.9 Å². The number of hydrogen-bond donors (Lipinski definition) is 2. The Labute approximate surface area is 183 Å². The second-order valence-electron chi connectivity index (χ2n) is 6.42. The fourth-order valence-corrected chi connectivity index (χ4v) is 2.41. The molecule has 0 aromatic heterocycles. The van der Waals surface area contributed by atoms with E-state index in [1.807, 2.05) is 0 Å². The van der Waals surface area contributed by atoms with Crippen LogP contribution < -0.4 is 0 Å². The normalized spacial score (nSPS) is 15.0. The molecule has 0 radical (unpaired) electrons. The van der Waals surface area contributed by atoms with Crippen LogP contribution in [0, 0.1) is 0 Å². The zero-order chi connectivity index (χ0) is 23.3. The molecular formula is C22H22O10. The number of benzene rings is 2. The molecule has 0 spiro atoms. The molecule has 2 aliphatic rings. The van der Waals surface area contributed by atoms with Crippen molar-refractivity contribution in [2.45, 2.75) is 12.8 Å². The Morgan fingerprint density at radius 1 is 0.719 bits per heavy atom. The van der Waals surface area contributed by atoms with Crippen LogP contribution in [-0.4, -0.2) is 60.5 Å². The Hall–Kier alpha value is -3.76. The maximum absolute atomic E-state index is 11.7. The molecule has 0 saturated carbocycles. The highest BCUT2D eigenvalue weighted by Crippen LogP contribution is 2.08. The molecule has 170 valence electrons. The van der Waals surface area contributed by atoms with Crippen molar-refractivity contribution < 1.29 is 48.6 Å². The highest BCUT2D eigenvalue weighted by Gasteiger charge is 2.12. The quantitative estimate of drug-likeness (QED) is 0.521. The van der Waals surface area contributed by atoms with Crippen LogP contribution in [0.5, 0.6) is 0 Å². The Bertz CT molecular complexity index is 864. The maximum atomic E-state index is 11.7. The largest absolute Gasteiger partial charge is 0.478 e. The fourth-order valence-electron chi connectivity index (χ4n) is 2.41. The van der Waals surface area contributed by atoms with E-state index in [2.05, 4.69) is 4.89 Å². The molecule has 0 fully saturated rings. The molecule has 0 unspecified atom stereocenters. The fraction of sp³-hybridized carbons (Fsp3) is 0.273. The zero-order valence-electron chi connectivity index (χ0n) is 17.0. The third-order valence-electron chi connectivity index (χ3n) is 4.07. The SMILES string of the molecule is O=C(O)c1cccc(C(=O)O)c1.O=C1OCCOCCCCOOC(=O)c2ccc1cc2. The number of aromatic carboxylic acids is 2. The number of rotatable bonds is 2. The first kappa shape index (κ1) is 24.5. The molecule has 0 amide bonds. The summed E-state index contributed by atoms with van der Waals surface area (Å²) in [5.41, 5.74) is 0.649. The van der Waals surface area contributed by atoms with E-state index in [1.54, 1.807) is 0 Å². The second-order valence-corrected chi connectivity index (χ2v) is 6.42. The van der Waals surface area contributed by atoms with Crippen LogP contribution in [0.4, 0.5) is 0 Å². The first-order valence-electron chi connectivity index (χ1n) is 9.64. The summed E-state index contributed by atoms with van der Waals surface area (Å²) in [6.45, 7) is 1.43. The summed E-state index contributed by atoms with van der Waals surface area (Å²) in [5.74, 6) is -3.29. The van der Waals surface area contributed by atoms with Gasteiger partial charge >= 0.3 is 23.9 Å². The molecule has 2 heterocycles. The first-order valence-corrected chi connectivity index (χ1v) is 9.64. The topological polar surface area (TPSA) is 146 Å². The summed E-state index contributed by atoms with van der Waals surface area (Å²) < 4.78 is 10.3. The van der Waals surface area contributed by atoms with Crippen molar-refractivity contribution in [2.24, 2.45) is 0 Å². The van der Waals surface area contributed by atoms with Gasteiger partial charge in [-0.2, -0.15) is 4.89 Å². The van der Waals surface area contributed by atoms with Gasteiger partial charge in [-0.25, -0.2) is 19.2 Å². The minimum Gasteiger partial charge on any atom is -0.478 e. The highest BCUT2D eigenvalue weighted by molar-refractivity contribution is 5.94. The standard InChI is InChI=1S/C14H16O6.C8H6O4/c15-13-11-3-5-12(6-4-11)14(16)20-19-8-2-1-7-17-9-10-18-13;9-7(10)5-2-1-3-6(4-5)8(11)12/h3-6H,1-2,7-10H2;1-4H,(H,9,10)(H,11,12). The molecule has 10 nitrogen and oxygen atoms in total. The van der Waals surface area contributed by atoms with E-state index in [1.165, 1.54) is 42.5 Å².